The molecule has 0 bridgehead atoms. The highest BCUT2D eigenvalue weighted by atomic mass is 16.2. The smallest absolute Gasteiger partial charge is 0.256 e. The summed E-state index contributed by atoms with van der Waals surface area (Å²) in [6, 6.07) is 5.98. The highest BCUT2D eigenvalue weighted by molar-refractivity contribution is 5.99. The lowest BCUT2D eigenvalue weighted by Crippen LogP contribution is -2.54. The first-order chi connectivity index (χ1) is 9.82. The van der Waals surface area contributed by atoms with Gasteiger partial charge in [-0.2, -0.15) is 0 Å². The third kappa shape index (κ3) is 3.56. The maximum atomic E-state index is 12.8. The fourth-order valence-corrected chi connectivity index (χ4v) is 2.80. The third-order valence-corrected chi connectivity index (χ3v) is 4.19. The van der Waals surface area contributed by atoms with Gasteiger partial charge in [0.15, 0.2) is 0 Å². The zero-order chi connectivity index (χ0) is 15.6. The fourth-order valence-electron chi connectivity index (χ4n) is 2.80. The van der Waals surface area contributed by atoms with E-state index < -0.39 is 0 Å². The molecule has 0 radical (unpaired) electrons. The van der Waals surface area contributed by atoms with E-state index in [1.165, 1.54) is 0 Å². The van der Waals surface area contributed by atoms with Crippen molar-refractivity contribution in [3.63, 3.8) is 0 Å². The van der Waals surface area contributed by atoms with Crippen LogP contribution in [0.15, 0.2) is 18.2 Å². The van der Waals surface area contributed by atoms with Gasteiger partial charge in [-0.25, -0.2) is 0 Å². The zero-order valence-electron chi connectivity index (χ0n) is 13.9. The van der Waals surface area contributed by atoms with Crippen LogP contribution in [-0.4, -0.2) is 54.5 Å². The number of aryl methyl sites for hydroxylation is 1. The van der Waals surface area contributed by atoms with E-state index >= 15 is 0 Å². The average molecular weight is 289 g/mol. The molecule has 0 unspecified atom stereocenters. The van der Waals surface area contributed by atoms with Crippen LogP contribution in [0.25, 0.3) is 0 Å². The van der Waals surface area contributed by atoms with Crippen LogP contribution < -0.4 is 5.32 Å². The van der Waals surface area contributed by atoms with Gasteiger partial charge in [-0.1, -0.05) is 11.6 Å². The summed E-state index contributed by atoms with van der Waals surface area (Å²) in [6.45, 7) is 12.2. The Morgan fingerprint density at radius 1 is 1.14 bits per heavy atom. The highest BCUT2D eigenvalue weighted by Gasteiger charge is 2.28. The molecule has 4 heteroatoms. The normalized spacial score (nSPS) is 16.9. The summed E-state index contributed by atoms with van der Waals surface area (Å²) in [4.78, 5) is 17.2. The number of amides is 1. The van der Waals surface area contributed by atoms with Crippen LogP contribution in [0.2, 0.25) is 0 Å². The first-order valence-electron chi connectivity index (χ1n) is 7.65. The number of rotatable bonds is 2. The van der Waals surface area contributed by atoms with Crippen LogP contribution in [0, 0.1) is 6.92 Å². The molecule has 1 fully saturated rings. The minimum absolute atomic E-state index is 0.136. The topological polar surface area (TPSA) is 35.6 Å². The van der Waals surface area contributed by atoms with E-state index in [0.29, 0.717) is 0 Å². The van der Waals surface area contributed by atoms with Gasteiger partial charge < -0.3 is 10.2 Å². The maximum absolute atomic E-state index is 12.8. The molecule has 1 aliphatic heterocycles. The van der Waals surface area contributed by atoms with E-state index in [2.05, 4.69) is 31.0 Å². The predicted octanol–water partition coefficient (Wildman–Crippen LogP) is 2.59. The Bertz CT molecular complexity index is 511. The molecule has 1 heterocycles. The van der Waals surface area contributed by atoms with Crippen LogP contribution in [-0.2, 0) is 0 Å². The molecular formula is C17H27N3O. The molecule has 2 rings (SSSR count). The van der Waals surface area contributed by atoms with Gasteiger partial charge in [0.2, 0.25) is 0 Å². The van der Waals surface area contributed by atoms with Crippen molar-refractivity contribution in [2.45, 2.75) is 33.2 Å². The number of hydrogen-bond donors (Lipinski definition) is 1. The summed E-state index contributed by atoms with van der Waals surface area (Å²) in [6.07, 6.45) is 0. The standard InChI is InChI=1S/C17H27N3O/c1-13-6-7-15(18-5)14(12-13)16(21)19-8-10-20(11-9-19)17(2,3)4/h6-7,12,18H,8-11H2,1-5H3. The number of nitrogens with zero attached hydrogens (tertiary/aromatic N) is 2. The van der Waals surface area contributed by atoms with Crippen LogP contribution in [0.1, 0.15) is 36.7 Å². The van der Waals surface area contributed by atoms with Crippen molar-refractivity contribution >= 4 is 11.6 Å². The second kappa shape index (κ2) is 6.06. The Labute approximate surface area is 128 Å². The first kappa shape index (κ1) is 15.8. The van der Waals surface area contributed by atoms with Crippen molar-refractivity contribution in [1.29, 1.82) is 0 Å². The molecule has 0 atom stereocenters. The number of benzene rings is 1. The number of hydrogen-bond acceptors (Lipinski definition) is 3. The third-order valence-electron chi connectivity index (χ3n) is 4.19. The first-order valence-corrected chi connectivity index (χ1v) is 7.65. The summed E-state index contributed by atoms with van der Waals surface area (Å²) < 4.78 is 0. The Kier molecular flexibility index (Phi) is 4.57. The van der Waals surface area contributed by atoms with Gasteiger partial charge in [-0.3, -0.25) is 9.69 Å². The lowest BCUT2D eigenvalue weighted by Gasteiger charge is -2.42. The van der Waals surface area contributed by atoms with Crippen molar-refractivity contribution < 1.29 is 4.79 Å². The van der Waals surface area contributed by atoms with Crippen LogP contribution in [0.4, 0.5) is 5.69 Å². The van der Waals surface area contributed by atoms with Gasteiger partial charge in [0.25, 0.3) is 5.91 Å². The van der Waals surface area contributed by atoms with Gasteiger partial charge in [0.05, 0.1) is 5.56 Å². The van der Waals surface area contributed by atoms with E-state index in [1.54, 1.807) is 0 Å². The van der Waals surface area contributed by atoms with Crippen molar-refractivity contribution in [2.75, 3.05) is 38.5 Å². The molecule has 1 amide bonds. The molecular weight excluding hydrogens is 262 g/mol. The molecule has 4 nitrogen and oxygen atoms in total. The molecule has 0 aromatic heterocycles. The van der Waals surface area contributed by atoms with Crippen LogP contribution in [0.3, 0.4) is 0 Å². The molecule has 1 aromatic carbocycles. The molecule has 1 aromatic rings. The van der Waals surface area contributed by atoms with Crippen molar-refractivity contribution in [3.8, 4) is 0 Å². The second-order valence-electron chi connectivity index (χ2n) is 6.75. The number of carbonyl (C=O) groups excluding carboxylic acids is 1. The van der Waals surface area contributed by atoms with E-state index in [0.717, 1.165) is 43.0 Å². The van der Waals surface area contributed by atoms with Crippen molar-refractivity contribution in [2.24, 2.45) is 0 Å². The van der Waals surface area contributed by atoms with E-state index in [1.807, 2.05) is 37.1 Å². The van der Waals surface area contributed by atoms with Gasteiger partial charge in [-0.15, -0.1) is 0 Å². The number of carbonyl (C=O) groups is 1. The minimum atomic E-state index is 0.136. The number of nitrogens with one attached hydrogen (secondary N) is 1. The SMILES string of the molecule is CNc1ccc(C)cc1C(=O)N1CCN(C(C)(C)C)CC1. The molecule has 21 heavy (non-hydrogen) atoms. The molecule has 1 aliphatic rings. The summed E-state index contributed by atoms with van der Waals surface area (Å²) in [5, 5.41) is 3.12. The van der Waals surface area contributed by atoms with Crippen molar-refractivity contribution in [1.82, 2.24) is 9.80 Å². The maximum Gasteiger partial charge on any atom is 0.256 e. The monoisotopic (exact) mass is 289 g/mol. The van der Waals surface area contributed by atoms with E-state index in [-0.39, 0.29) is 11.4 Å². The number of piperazine rings is 1. The van der Waals surface area contributed by atoms with Gasteiger partial charge >= 0.3 is 0 Å². The molecule has 0 spiro atoms. The summed E-state index contributed by atoms with van der Waals surface area (Å²) >= 11 is 0. The second-order valence-corrected chi connectivity index (χ2v) is 6.75. The molecule has 0 aliphatic carbocycles. The van der Waals surface area contributed by atoms with Gasteiger partial charge in [0.1, 0.15) is 0 Å². The molecule has 1 N–H and O–H groups in total. The van der Waals surface area contributed by atoms with E-state index in [4.69, 9.17) is 0 Å². The zero-order valence-corrected chi connectivity index (χ0v) is 13.9. The van der Waals surface area contributed by atoms with Crippen molar-refractivity contribution in [3.05, 3.63) is 29.3 Å². The van der Waals surface area contributed by atoms with Gasteiger partial charge in [0, 0.05) is 44.5 Å². The Morgan fingerprint density at radius 2 is 1.76 bits per heavy atom. The quantitative estimate of drug-likeness (QED) is 0.909. The summed E-state index contributed by atoms with van der Waals surface area (Å²) in [7, 11) is 1.86. The highest BCUT2D eigenvalue weighted by Crippen LogP contribution is 2.21. The van der Waals surface area contributed by atoms with Gasteiger partial charge in [-0.05, 0) is 39.8 Å². The Morgan fingerprint density at radius 3 is 2.29 bits per heavy atom. The summed E-state index contributed by atoms with van der Waals surface area (Å²) in [5.74, 6) is 0.136. The average Bonchev–Trinajstić information content (AvgIpc) is 2.45. The van der Waals surface area contributed by atoms with E-state index in [9.17, 15) is 4.79 Å². The Hall–Kier alpha value is -1.55. The lowest BCUT2D eigenvalue weighted by molar-refractivity contribution is 0.0452. The molecule has 1 saturated heterocycles. The minimum Gasteiger partial charge on any atom is -0.387 e. The van der Waals surface area contributed by atoms with Crippen LogP contribution in [0.5, 0.6) is 0 Å². The molecule has 116 valence electrons. The largest absolute Gasteiger partial charge is 0.387 e. The Balaban J connectivity index is 2.11. The number of anilines is 1. The van der Waals surface area contributed by atoms with Crippen LogP contribution >= 0.6 is 0 Å². The molecule has 0 saturated carbocycles. The summed E-state index contributed by atoms with van der Waals surface area (Å²) in [5.41, 5.74) is 2.98. The predicted molar refractivity (Wildman–Crippen MR) is 88.0 cm³/mol. The lowest BCUT2D eigenvalue weighted by atomic mass is 10.0. The fraction of sp³-hybridized carbons (Fsp3) is 0.588.